The Kier molecular flexibility index (Phi) is 15.4. The second-order valence-corrected chi connectivity index (χ2v) is 2.45. The van der Waals surface area contributed by atoms with E-state index >= 15 is 0 Å². The van der Waals surface area contributed by atoms with Crippen LogP contribution in [0.1, 0.15) is 33.6 Å². The van der Waals surface area contributed by atoms with E-state index in [0.717, 1.165) is 5.92 Å². The monoisotopic (exact) mass is 163 g/mol. The van der Waals surface area contributed by atoms with Gasteiger partial charge in [-0.3, -0.25) is 4.39 Å². The first-order valence-corrected chi connectivity index (χ1v) is 4.48. The Hall–Kier alpha value is -0.110. The number of alkyl halides is 1. The van der Waals surface area contributed by atoms with Crippen molar-refractivity contribution in [2.45, 2.75) is 33.6 Å². The number of piperidine rings is 1. The largest absolute Gasteiger partial charge is 0.316 e. The molecule has 0 amide bonds. The molecule has 1 fully saturated rings. The van der Waals surface area contributed by atoms with Gasteiger partial charge in [0, 0.05) is 0 Å². The summed E-state index contributed by atoms with van der Waals surface area (Å²) in [6.07, 6.45) is 2.80. The Balaban J connectivity index is 0. The smallest absolute Gasteiger partial charge is 0.0785 e. The van der Waals surface area contributed by atoms with Crippen molar-refractivity contribution < 1.29 is 4.39 Å². The molecule has 0 bridgehead atoms. The van der Waals surface area contributed by atoms with Crippen LogP contribution in [0.3, 0.4) is 0 Å². The molecule has 0 aromatic carbocycles. The first kappa shape index (κ1) is 13.5. The van der Waals surface area contributed by atoms with Crippen LogP contribution >= 0.6 is 0 Å². The van der Waals surface area contributed by atoms with E-state index < -0.39 is 0 Å². The Morgan fingerprint density at radius 3 is 2.00 bits per heavy atom. The molecule has 1 atom stereocenters. The van der Waals surface area contributed by atoms with Crippen LogP contribution in [0, 0.1) is 5.92 Å². The van der Waals surface area contributed by atoms with Crippen molar-refractivity contribution in [3.63, 3.8) is 0 Å². The van der Waals surface area contributed by atoms with Crippen molar-refractivity contribution >= 4 is 0 Å². The van der Waals surface area contributed by atoms with Crippen molar-refractivity contribution in [2.24, 2.45) is 5.92 Å². The van der Waals surface area contributed by atoms with Gasteiger partial charge in [-0.1, -0.05) is 20.8 Å². The molecule has 1 unspecified atom stereocenters. The molecule has 0 aliphatic carbocycles. The van der Waals surface area contributed by atoms with Gasteiger partial charge in [0.1, 0.15) is 0 Å². The third kappa shape index (κ3) is 9.89. The topological polar surface area (TPSA) is 12.0 Å². The minimum absolute atomic E-state index is 0.500. The fraction of sp³-hybridized carbons (Fsp3) is 1.00. The van der Waals surface area contributed by atoms with Gasteiger partial charge in [-0.2, -0.15) is 0 Å². The van der Waals surface area contributed by atoms with Gasteiger partial charge in [-0.05, 0) is 31.8 Å². The lowest BCUT2D eigenvalue weighted by Gasteiger charge is -2.17. The van der Waals surface area contributed by atoms with E-state index in [-0.39, 0.29) is 0 Å². The predicted octanol–water partition coefficient (Wildman–Crippen LogP) is 2.62. The predicted molar refractivity (Wildman–Crippen MR) is 49.6 cm³/mol. The summed E-state index contributed by atoms with van der Waals surface area (Å²) in [7, 11) is 0.500. The SMILES string of the molecule is CC.CC1CCCNC1.CF. The van der Waals surface area contributed by atoms with Gasteiger partial charge in [0.2, 0.25) is 0 Å². The molecule has 1 N–H and O–H groups in total. The van der Waals surface area contributed by atoms with Crippen LogP contribution < -0.4 is 5.32 Å². The van der Waals surface area contributed by atoms with Gasteiger partial charge >= 0.3 is 0 Å². The molecule has 0 aromatic heterocycles. The highest BCUT2D eigenvalue weighted by Gasteiger charge is 2.04. The Morgan fingerprint density at radius 1 is 1.27 bits per heavy atom. The lowest BCUT2D eigenvalue weighted by atomic mass is 10.0. The Labute approximate surface area is 70.4 Å². The molecule has 70 valence electrons. The molecule has 1 aliphatic heterocycles. The van der Waals surface area contributed by atoms with Gasteiger partial charge in [-0.25, -0.2) is 0 Å². The summed E-state index contributed by atoms with van der Waals surface area (Å²) in [5, 5.41) is 3.33. The summed E-state index contributed by atoms with van der Waals surface area (Å²) in [5.74, 6) is 0.925. The zero-order valence-electron chi connectivity index (χ0n) is 8.28. The van der Waals surface area contributed by atoms with Crippen LogP contribution in [0.2, 0.25) is 0 Å². The van der Waals surface area contributed by atoms with Crippen molar-refractivity contribution in [3.8, 4) is 0 Å². The fourth-order valence-electron chi connectivity index (χ4n) is 1.03. The van der Waals surface area contributed by atoms with Gasteiger partial charge in [0.25, 0.3) is 0 Å². The van der Waals surface area contributed by atoms with Crippen molar-refractivity contribution in [1.29, 1.82) is 0 Å². The normalized spacial score (nSPS) is 22.1. The molecule has 11 heavy (non-hydrogen) atoms. The van der Waals surface area contributed by atoms with E-state index in [2.05, 4.69) is 12.2 Å². The number of halogens is 1. The zero-order valence-corrected chi connectivity index (χ0v) is 8.28. The quantitative estimate of drug-likeness (QED) is 0.579. The molecule has 1 rings (SSSR count). The third-order valence-corrected chi connectivity index (χ3v) is 1.54. The molecule has 1 nitrogen and oxygen atoms in total. The van der Waals surface area contributed by atoms with Crippen LogP contribution in [0.4, 0.5) is 4.39 Å². The summed E-state index contributed by atoms with van der Waals surface area (Å²) in [4.78, 5) is 0. The summed E-state index contributed by atoms with van der Waals surface area (Å²) in [5.41, 5.74) is 0. The number of hydrogen-bond donors (Lipinski definition) is 1. The first-order chi connectivity index (χ1) is 5.39. The molecular weight excluding hydrogens is 141 g/mol. The minimum Gasteiger partial charge on any atom is -0.316 e. The second-order valence-electron chi connectivity index (χ2n) is 2.45. The average molecular weight is 163 g/mol. The van der Waals surface area contributed by atoms with E-state index in [4.69, 9.17) is 0 Å². The highest BCUT2D eigenvalue weighted by molar-refractivity contribution is 4.63. The third-order valence-electron chi connectivity index (χ3n) is 1.54. The van der Waals surface area contributed by atoms with Gasteiger partial charge in [0.15, 0.2) is 0 Å². The molecule has 0 spiro atoms. The Bertz CT molecular complexity index is 51.5. The highest BCUT2D eigenvalue weighted by atomic mass is 19.1. The number of hydrogen-bond acceptors (Lipinski definition) is 1. The lowest BCUT2D eigenvalue weighted by molar-refractivity contribution is 0.405. The lowest BCUT2D eigenvalue weighted by Crippen LogP contribution is -2.27. The van der Waals surface area contributed by atoms with Gasteiger partial charge in [0.05, 0.1) is 7.18 Å². The van der Waals surface area contributed by atoms with Crippen LogP contribution in [0.5, 0.6) is 0 Å². The minimum atomic E-state index is 0.500. The maximum Gasteiger partial charge on any atom is 0.0785 e. The van der Waals surface area contributed by atoms with Crippen LogP contribution in [-0.4, -0.2) is 20.3 Å². The first-order valence-electron chi connectivity index (χ1n) is 4.48. The summed E-state index contributed by atoms with van der Waals surface area (Å²) < 4.78 is 9.50. The molecule has 1 aliphatic rings. The maximum atomic E-state index is 9.50. The average Bonchev–Trinajstić information content (AvgIpc) is 2.13. The summed E-state index contributed by atoms with van der Waals surface area (Å²) >= 11 is 0. The van der Waals surface area contributed by atoms with E-state index in [0.29, 0.717) is 7.18 Å². The van der Waals surface area contributed by atoms with Crippen LogP contribution in [0.25, 0.3) is 0 Å². The van der Waals surface area contributed by atoms with Crippen molar-refractivity contribution in [3.05, 3.63) is 0 Å². The molecule has 0 saturated carbocycles. The van der Waals surface area contributed by atoms with Crippen LogP contribution in [-0.2, 0) is 0 Å². The molecule has 2 heteroatoms. The molecule has 0 radical (unpaired) electrons. The highest BCUT2D eigenvalue weighted by Crippen LogP contribution is 2.06. The molecule has 0 aromatic rings. The molecule has 1 heterocycles. The fourth-order valence-corrected chi connectivity index (χ4v) is 1.03. The van der Waals surface area contributed by atoms with Crippen molar-refractivity contribution in [1.82, 2.24) is 5.32 Å². The number of nitrogens with one attached hydrogen (secondary N) is 1. The molecule has 1 saturated heterocycles. The summed E-state index contributed by atoms with van der Waals surface area (Å²) in [6.45, 7) is 8.77. The standard InChI is InChI=1S/C6H13N.C2H6.CH3F/c1-6-3-2-4-7-5-6;2*1-2/h6-7H,2-5H2,1H3;1-2H3;1H3. The molecular formula is C9H22FN. The van der Waals surface area contributed by atoms with Gasteiger partial charge < -0.3 is 5.32 Å². The van der Waals surface area contributed by atoms with Crippen molar-refractivity contribution in [2.75, 3.05) is 20.3 Å². The van der Waals surface area contributed by atoms with E-state index in [1.165, 1.54) is 25.9 Å². The van der Waals surface area contributed by atoms with E-state index in [1.54, 1.807) is 0 Å². The van der Waals surface area contributed by atoms with Gasteiger partial charge in [-0.15, -0.1) is 0 Å². The Morgan fingerprint density at radius 2 is 1.82 bits per heavy atom. The zero-order chi connectivity index (χ0) is 9.11. The maximum absolute atomic E-state index is 9.50. The van der Waals surface area contributed by atoms with E-state index in [1.807, 2.05) is 13.8 Å². The number of rotatable bonds is 0. The van der Waals surface area contributed by atoms with Crippen LogP contribution in [0.15, 0.2) is 0 Å². The second kappa shape index (κ2) is 12.6. The van der Waals surface area contributed by atoms with E-state index in [9.17, 15) is 4.39 Å². The summed E-state index contributed by atoms with van der Waals surface area (Å²) in [6, 6.07) is 0.